The first-order valence-electron chi connectivity index (χ1n) is 15.1. The van der Waals surface area contributed by atoms with E-state index in [1.165, 1.54) is 21.2 Å². The van der Waals surface area contributed by atoms with Crippen molar-refractivity contribution in [1.29, 1.82) is 0 Å². The fourth-order valence-corrected chi connectivity index (χ4v) is 5.99. The van der Waals surface area contributed by atoms with Crippen LogP contribution < -0.4 is 0 Å². The fraction of sp³-hybridized carbons (Fsp3) is 0.105. The van der Waals surface area contributed by atoms with Crippen LogP contribution in [0.25, 0.3) is 22.2 Å². The van der Waals surface area contributed by atoms with Crippen molar-refractivity contribution < 1.29 is 47.7 Å². The molecule has 0 N–H and O–H groups in total. The summed E-state index contributed by atoms with van der Waals surface area (Å²) < 4.78 is 22.9. The normalized spacial score (nSPS) is 10.9. The molecule has 0 aliphatic rings. The van der Waals surface area contributed by atoms with Gasteiger partial charge in [-0.25, -0.2) is 19.2 Å². The van der Waals surface area contributed by atoms with Crippen LogP contribution in [-0.4, -0.2) is 72.7 Å². The third kappa shape index (κ3) is 5.38. The molecule has 0 saturated carbocycles. The molecule has 0 saturated heterocycles. The number of ketones is 2. The molecule has 0 bridgehead atoms. The first kappa shape index (κ1) is 33.1. The zero-order valence-corrected chi connectivity index (χ0v) is 27.2. The molecule has 12 heteroatoms. The van der Waals surface area contributed by atoms with Crippen molar-refractivity contribution in [3.8, 4) is 11.1 Å². The third-order valence-corrected chi connectivity index (χ3v) is 8.27. The lowest BCUT2D eigenvalue weighted by atomic mass is 10.0. The van der Waals surface area contributed by atoms with Gasteiger partial charge in [-0.05, 0) is 35.4 Å². The van der Waals surface area contributed by atoms with Gasteiger partial charge in [-0.3, -0.25) is 9.59 Å². The Labute approximate surface area is 284 Å². The number of carbonyl (C=O) groups is 6. The lowest BCUT2D eigenvalue weighted by Gasteiger charge is -2.09. The summed E-state index contributed by atoms with van der Waals surface area (Å²) in [6, 6.07) is 22.9. The number of nitrogens with zero attached hydrogens (tertiary/aromatic N) is 2. The topological polar surface area (TPSA) is 148 Å². The quantitative estimate of drug-likeness (QED) is 0.110. The van der Waals surface area contributed by atoms with Gasteiger partial charge in [0.1, 0.15) is 33.6 Å². The number of esters is 4. The number of benzene rings is 2. The smallest absolute Gasteiger partial charge is 0.341 e. The average Bonchev–Trinajstić information content (AvgIpc) is 3.69. The summed E-state index contributed by atoms with van der Waals surface area (Å²) in [5, 5.41) is 0. The maximum absolute atomic E-state index is 13.8. The van der Waals surface area contributed by atoms with Gasteiger partial charge < -0.3 is 27.7 Å². The van der Waals surface area contributed by atoms with Crippen molar-refractivity contribution >= 4 is 46.5 Å². The van der Waals surface area contributed by atoms with Crippen LogP contribution in [0.3, 0.4) is 0 Å². The molecule has 2 aromatic carbocycles. The first-order valence-corrected chi connectivity index (χ1v) is 15.1. The first-order chi connectivity index (χ1) is 24.2. The minimum Gasteiger partial charge on any atom is -0.465 e. The Kier molecular flexibility index (Phi) is 8.84. The van der Waals surface area contributed by atoms with Crippen molar-refractivity contribution in [2.75, 3.05) is 28.4 Å². The van der Waals surface area contributed by atoms with Gasteiger partial charge in [-0.15, -0.1) is 0 Å². The molecule has 0 aliphatic carbocycles. The Bertz CT molecular complexity index is 2200. The zero-order chi connectivity index (χ0) is 35.7. The van der Waals surface area contributed by atoms with Gasteiger partial charge in [-0.1, -0.05) is 60.7 Å². The van der Waals surface area contributed by atoms with Crippen molar-refractivity contribution in [3.05, 3.63) is 142 Å². The van der Waals surface area contributed by atoms with E-state index < -0.39 is 35.4 Å². The number of aromatic nitrogens is 2. The van der Waals surface area contributed by atoms with E-state index >= 15 is 0 Å². The van der Waals surface area contributed by atoms with Gasteiger partial charge in [-0.2, -0.15) is 0 Å². The molecule has 4 heterocycles. The van der Waals surface area contributed by atoms with E-state index in [9.17, 15) is 28.8 Å². The molecule has 0 atom stereocenters. The summed E-state index contributed by atoms with van der Waals surface area (Å²) in [7, 11) is 4.58. The number of carbonyl (C=O) groups excluding carboxylic acids is 6. The van der Waals surface area contributed by atoms with E-state index in [0.717, 1.165) is 28.4 Å². The molecule has 12 nitrogen and oxygen atoms in total. The SMILES string of the molecule is COC(=O)c1c(C(=O)OC)c2cc(-c3ccn4c(C(=O)c5ccccc5)c(C(=O)OC)c(C(=O)OC)c4c3)ccn2c1C(=O)c1ccccc1. The molecule has 0 aliphatic heterocycles. The highest BCUT2D eigenvalue weighted by molar-refractivity contribution is 6.21. The standard InChI is InChI=1S/C38H28N2O10/c1-47-35(43)27-25-19-23(15-17-39(25)31(29(27)37(45)49-3)33(41)21-11-7-5-8-12-21)24-16-18-40-26(20-24)28(36(44)48-2)30(38(46)50-4)32(40)34(42)22-13-9-6-10-14-22/h5-20H,1-4H3. The van der Waals surface area contributed by atoms with Crippen LogP contribution in [0, 0.1) is 0 Å². The predicted octanol–water partition coefficient (Wildman–Crippen LogP) is 5.47. The van der Waals surface area contributed by atoms with Gasteiger partial charge >= 0.3 is 23.9 Å². The van der Waals surface area contributed by atoms with Crippen LogP contribution in [0.4, 0.5) is 0 Å². The van der Waals surface area contributed by atoms with Crippen LogP contribution in [0.5, 0.6) is 0 Å². The molecule has 4 aromatic heterocycles. The second-order valence-corrected chi connectivity index (χ2v) is 10.9. The Hall–Kier alpha value is -6.82. The highest BCUT2D eigenvalue weighted by Gasteiger charge is 2.35. The van der Waals surface area contributed by atoms with Gasteiger partial charge in [0.05, 0.1) is 39.5 Å². The minimum atomic E-state index is -0.918. The highest BCUT2D eigenvalue weighted by atomic mass is 16.5. The molecule has 50 heavy (non-hydrogen) atoms. The minimum absolute atomic E-state index is 0.105. The van der Waals surface area contributed by atoms with E-state index in [1.54, 1.807) is 84.9 Å². The lowest BCUT2D eigenvalue weighted by Crippen LogP contribution is -2.15. The fourth-order valence-electron chi connectivity index (χ4n) is 5.99. The van der Waals surface area contributed by atoms with Gasteiger partial charge in [0, 0.05) is 23.5 Å². The maximum atomic E-state index is 13.8. The zero-order valence-electron chi connectivity index (χ0n) is 27.2. The van der Waals surface area contributed by atoms with E-state index in [0.29, 0.717) is 11.1 Å². The van der Waals surface area contributed by atoms with E-state index in [1.807, 2.05) is 0 Å². The number of fused-ring (bicyclic) bond motifs is 2. The molecule has 0 spiro atoms. The van der Waals surface area contributed by atoms with Gasteiger partial charge in [0.15, 0.2) is 0 Å². The summed E-state index contributed by atoms with van der Waals surface area (Å²) in [6.45, 7) is 0. The maximum Gasteiger partial charge on any atom is 0.341 e. The molecule has 0 radical (unpaired) electrons. The lowest BCUT2D eigenvalue weighted by molar-refractivity contribution is 0.0556. The summed E-state index contributed by atoms with van der Waals surface area (Å²) >= 11 is 0. The van der Waals surface area contributed by atoms with Crippen LogP contribution in [0.15, 0.2) is 97.3 Å². The molecule has 6 rings (SSSR count). The Balaban J connectivity index is 1.63. The van der Waals surface area contributed by atoms with E-state index in [2.05, 4.69) is 0 Å². The average molecular weight is 673 g/mol. The summed E-state index contributed by atoms with van der Waals surface area (Å²) in [4.78, 5) is 80.5. The van der Waals surface area contributed by atoms with Crippen LogP contribution >= 0.6 is 0 Å². The Morgan fingerprint density at radius 2 is 0.760 bits per heavy atom. The van der Waals surface area contributed by atoms with Crippen molar-refractivity contribution in [2.45, 2.75) is 0 Å². The molecule has 0 unspecified atom stereocenters. The molecular weight excluding hydrogens is 644 g/mol. The van der Waals surface area contributed by atoms with Crippen molar-refractivity contribution in [2.24, 2.45) is 0 Å². The summed E-state index contributed by atoms with van der Waals surface area (Å²) in [5.41, 5.74) is 0.683. The second-order valence-electron chi connectivity index (χ2n) is 10.9. The van der Waals surface area contributed by atoms with Crippen molar-refractivity contribution in [3.63, 3.8) is 0 Å². The molecule has 250 valence electrons. The second kappa shape index (κ2) is 13.4. The molecule has 6 aromatic rings. The predicted molar refractivity (Wildman–Crippen MR) is 179 cm³/mol. The van der Waals surface area contributed by atoms with Crippen LogP contribution in [0.1, 0.15) is 73.5 Å². The van der Waals surface area contributed by atoms with Gasteiger partial charge in [0.25, 0.3) is 0 Å². The molecule has 0 amide bonds. The Morgan fingerprint density at radius 1 is 0.440 bits per heavy atom. The summed E-state index contributed by atoms with van der Waals surface area (Å²) in [6.07, 6.45) is 3.04. The number of hydrogen-bond donors (Lipinski definition) is 0. The van der Waals surface area contributed by atoms with Crippen LogP contribution in [0.2, 0.25) is 0 Å². The molecule has 0 fully saturated rings. The van der Waals surface area contributed by atoms with E-state index in [4.69, 9.17) is 18.9 Å². The number of hydrogen-bond acceptors (Lipinski definition) is 10. The van der Waals surface area contributed by atoms with Crippen molar-refractivity contribution in [1.82, 2.24) is 8.80 Å². The number of pyridine rings is 2. The van der Waals surface area contributed by atoms with E-state index in [-0.39, 0.29) is 55.8 Å². The molecular formula is C38H28N2O10. The monoisotopic (exact) mass is 672 g/mol. The Morgan fingerprint density at radius 3 is 1.08 bits per heavy atom. The number of ether oxygens (including phenoxy) is 4. The van der Waals surface area contributed by atoms with Crippen LogP contribution in [-0.2, 0) is 18.9 Å². The number of methoxy groups -OCH3 is 4. The largest absolute Gasteiger partial charge is 0.465 e. The highest BCUT2D eigenvalue weighted by Crippen LogP contribution is 2.34. The van der Waals surface area contributed by atoms with Gasteiger partial charge in [0.2, 0.25) is 11.6 Å². The summed E-state index contributed by atoms with van der Waals surface area (Å²) in [5.74, 6) is -4.67. The third-order valence-electron chi connectivity index (χ3n) is 8.27. The number of rotatable bonds is 9.